The van der Waals surface area contributed by atoms with Crippen LogP contribution in [0.4, 0.5) is 5.69 Å². The Morgan fingerprint density at radius 1 is 0.824 bits per heavy atom. The van der Waals surface area contributed by atoms with Crippen molar-refractivity contribution in [3.05, 3.63) is 112 Å². The number of non-ortho nitro benzene ring substituents is 1. The van der Waals surface area contributed by atoms with E-state index in [2.05, 4.69) is 49.3 Å². The summed E-state index contributed by atoms with van der Waals surface area (Å²) in [5.74, 6) is -0.0588. The highest BCUT2D eigenvalue weighted by molar-refractivity contribution is 5.95. The van der Waals surface area contributed by atoms with Gasteiger partial charge in [-0.15, -0.1) is 0 Å². The fraction of sp³-hybridized carbons (Fsp3) is 0.179. The Balaban J connectivity index is 1.49. The molecule has 0 atom stereocenters. The monoisotopic (exact) mass is 453 g/mol. The molecular weight excluding hydrogens is 426 g/mol. The summed E-state index contributed by atoms with van der Waals surface area (Å²) >= 11 is 0. The Labute approximate surface area is 199 Å². The summed E-state index contributed by atoms with van der Waals surface area (Å²) in [6.45, 7) is 1.39. The van der Waals surface area contributed by atoms with Crippen LogP contribution in [0.5, 0.6) is 0 Å². The molecule has 0 spiro atoms. The van der Waals surface area contributed by atoms with E-state index in [0.717, 1.165) is 28.6 Å². The third-order valence-corrected chi connectivity index (χ3v) is 5.83. The van der Waals surface area contributed by atoms with Crippen molar-refractivity contribution >= 4 is 22.4 Å². The number of nitrogens with zero attached hydrogens (tertiary/aromatic N) is 3. The average Bonchev–Trinajstić information content (AvgIpc) is 2.83. The molecule has 0 aliphatic heterocycles. The zero-order chi connectivity index (χ0) is 24.2. The Morgan fingerprint density at radius 3 is 2.09 bits per heavy atom. The van der Waals surface area contributed by atoms with Crippen LogP contribution in [0.2, 0.25) is 0 Å². The van der Waals surface area contributed by atoms with Crippen LogP contribution < -0.4 is 0 Å². The number of carbonyl (C=O) groups is 1. The molecule has 0 bridgehead atoms. The molecule has 0 saturated heterocycles. The molecule has 0 fully saturated rings. The molecule has 4 aromatic rings. The molecule has 6 nitrogen and oxygen atoms in total. The first-order valence-corrected chi connectivity index (χ1v) is 11.1. The van der Waals surface area contributed by atoms with Crippen molar-refractivity contribution in [3.8, 4) is 11.1 Å². The lowest BCUT2D eigenvalue weighted by atomic mass is 10.0. The van der Waals surface area contributed by atoms with Gasteiger partial charge in [-0.05, 0) is 77.5 Å². The lowest BCUT2D eigenvalue weighted by Gasteiger charge is -2.19. The zero-order valence-corrected chi connectivity index (χ0v) is 19.6. The van der Waals surface area contributed by atoms with Gasteiger partial charge in [-0.1, -0.05) is 42.5 Å². The maximum atomic E-state index is 13.1. The lowest BCUT2D eigenvalue weighted by Crippen LogP contribution is -2.26. The lowest BCUT2D eigenvalue weighted by molar-refractivity contribution is -0.384. The number of fused-ring (bicyclic) bond motifs is 1. The fourth-order valence-corrected chi connectivity index (χ4v) is 4.13. The minimum absolute atomic E-state index is 0.0551. The predicted molar refractivity (Wildman–Crippen MR) is 136 cm³/mol. The van der Waals surface area contributed by atoms with Crippen molar-refractivity contribution in [2.45, 2.75) is 13.1 Å². The second-order valence-electron chi connectivity index (χ2n) is 8.75. The van der Waals surface area contributed by atoms with E-state index in [4.69, 9.17) is 0 Å². The van der Waals surface area contributed by atoms with Crippen LogP contribution in [0.3, 0.4) is 0 Å². The number of carbonyl (C=O) groups excluding carboxylic acids is 1. The Morgan fingerprint density at radius 2 is 1.47 bits per heavy atom. The van der Waals surface area contributed by atoms with E-state index in [1.807, 2.05) is 25.2 Å². The molecule has 0 aromatic heterocycles. The quantitative estimate of drug-likeness (QED) is 0.264. The number of nitro benzene ring substituents is 1. The zero-order valence-electron chi connectivity index (χ0n) is 19.6. The summed E-state index contributed by atoms with van der Waals surface area (Å²) in [6, 6.07) is 26.4. The summed E-state index contributed by atoms with van der Waals surface area (Å²) in [5, 5.41) is 13.2. The maximum absolute atomic E-state index is 13.1. The Kier molecular flexibility index (Phi) is 6.70. The number of hydrogen-bond acceptors (Lipinski definition) is 4. The van der Waals surface area contributed by atoms with Crippen LogP contribution in [-0.4, -0.2) is 41.8 Å². The second kappa shape index (κ2) is 9.85. The van der Waals surface area contributed by atoms with Crippen LogP contribution in [0.1, 0.15) is 21.5 Å². The van der Waals surface area contributed by atoms with Crippen molar-refractivity contribution in [2.75, 3.05) is 21.1 Å². The van der Waals surface area contributed by atoms with Gasteiger partial charge in [0.15, 0.2) is 0 Å². The largest absolute Gasteiger partial charge is 0.337 e. The van der Waals surface area contributed by atoms with Gasteiger partial charge in [-0.2, -0.15) is 0 Å². The molecule has 1 amide bonds. The van der Waals surface area contributed by atoms with Crippen LogP contribution in [0.25, 0.3) is 21.9 Å². The van der Waals surface area contributed by atoms with E-state index in [9.17, 15) is 14.9 Å². The van der Waals surface area contributed by atoms with Crippen LogP contribution >= 0.6 is 0 Å². The van der Waals surface area contributed by atoms with Crippen LogP contribution in [0.15, 0.2) is 84.9 Å². The summed E-state index contributed by atoms with van der Waals surface area (Å²) < 4.78 is 0. The third kappa shape index (κ3) is 5.13. The van der Waals surface area contributed by atoms with Gasteiger partial charge < -0.3 is 9.80 Å². The molecule has 0 radical (unpaired) electrons. The first kappa shape index (κ1) is 23.1. The van der Waals surface area contributed by atoms with E-state index in [1.54, 1.807) is 29.2 Å². The van der Waals surface area contributed by atoms with Gasteiger partial charge in [0.25, 0.3) is 11.6 Å². The van der Waals surface area contributed by atoms with Crippen molar-refractivity contribution in [2.24, 2.45) is 0 Å². The number of benzene rings is 4. The molecule has 4 aromatic carbocycles. The fourth-order valence-electron chi connectivity index (χ4n) is 4.13. The van der Waals surface area contributed by atoms with Crippen molar-refractivity contribution < 1.29 is 9.72 Å². The van der Waals surface area contributed by atoms with Crippen LogP contribution in [-0.2, 0) is 13.1 Å². The number of hydrogen-bond donors (Lipinski definition) is 0. The molecule has 4 rings (SSSR count). The highest BCUT2D eigenvalue weighted by atomic mass is 16.6. The highest BCUT2D eigenvalue weighted by Gasteiger charge is 2.14. The van der Waals surface area contributed by atoms with E-state index in [-0.39, 0.29) is 11.6 Å². The van der Waals surface area contributed by atoms with Gasteiger partial charge in [0.1, 0.15) is 0 Å². The standard InChI is InChI=1S/C28H27N3O3/c1-29(2)18-20-7-16-27-24(17-20)5-4-6-25(27)19-30(3)28(32)23-10-8-21(9-11-23)22-12-14-26(15-13-22)31(33)34/h4-17H,18-19H2,1-3H3. The van der Waals surface area contributed by atoms with E-state index < -0.39 is 4.92 Å². The number of nitro groups is 1. The Bertz CT molecular complexity index is 1330. The normalized spacial score (nSPS) is 11.1. The smallest absolute Gasteiger partial charge is 0.269 e. The third-order valence-electron chi connectivity index (χ3n) is 5.83. The molecule has 0 aliphatic carbocycles. The molecule has 0 aliphatic rings. The van der Waals surface area contributed by atoms with Gasteiger partial charge >= 0.3 is 0 Å². The maximum Gasteiger partial charge on any atom is 0.269 e. The Hall–Kier alpha value is -4.03. The van der Waals surface area contributed by atoms with Gasteiger partial charge in [-0.3, -0.25) is 14.9 Å². The minimum Gasteiger partial charge on any atom is -0.337 e. The second-order valence-corrected chi connectivity index (χ2v) is 8.75. The van der Waals surface area contributed by atoms with E-state index in [0.29, 0.717) is 12.1 Å². The molecule has 6 heteroatoms. The first-order valence-electron chi connectivity index (χ1n) is 11.1. The van der Waals surface area contributed by atoms with Gasteiger partial charge in [0.2, 0.25) is 0 Å². The molecule has 172 valence electrons. The number of amides is 1. The number of rotatable bonds is 7. The van der Waals surface area contributed by atoms with Crippen LogP contribution in [0, 0.1) is 10.1 Å². The molecular formula is C28H27N3O3. The molecule has 0 heterocycles. The summed E-state index contributed by atoms with van der Waals surface area (Å²) in [5.41, 5.74) is 4.78. The van der Waals surface area contributed by atoms with E-state index >= 15 is 0 Å². The van der Waals surface area contributed by atoms with Gasteiger partial charge in [0, 0.05) is 37.8 Å². The summed E-state index contributed by atoms with van der Waals surface area (Å²) in [6.07, 6.45) is 0. The molecule has 34 heavy (non-hydrogen) atoms. The predicted octanol–water partition coefficient (Wildman–Crippen LogP) is 5.75. The topological polar surface area (TPSA) is 66.7 Å². The van der Waals surface area contributed by atoms with Gasteiger partial charge in [-0.25, -0.2) is 0 Å². The summed E-state index contributed by atoms with van der Waals surface area (Å²) in [4.78, 5) is 27.4. The first-order chi connectivity index (χ1) is 16.3. The average molecular weight is 454 g/mol. The van der Waals surface area contributed by atoms with Gasteiger partial charge in [0.05, 0.1) is 4.92 Å². The van der Waals surface area contributed by atoms with Crippen molar-refractivity contribution in [1.82, 2.24) is 9.80 Å². The molecule has 0 N–H and O–H groups in total. The SMILES string of the molecule is CN(C)Cc1ccc2c(CN(C)C(=O)c3ccc(-c4ccc([N+](=O)[O-])cc4)cc3)cccc2c1. The van der Waals surface area contributed by atoms with Crippen molar-refractivity contribution in [1.29, 1.82) is 0 Å². The summed E-state index contributed by atoms with van der Waals surface area (Å²) in [7, 11) is 5.92. The molecule has 0 saturated carbocycles. The molecule has 0 unspecified atom stereocenters. The van der Waals surface area contributed by atoms with Crippen molar-refractivity contribution in [3.63, 3.8) is 0 Å². The minimum atomic E-state index is -0.417. The highest BCUT2D eigenvalue weighted by Crippen LogP contribution is 2.25. The van der Waals surface area contributed by atoms with E-state index in [1.165, 1.54) is 23.1 Å².